The lowest BCUT2D eigenvalue weighted by Crippen LogP contribution is -1.91. The van der Waals surface area contributed by atoms with Crippen LogP contribution >= 0.6 is 15.9 Å². The molecule has 1 heteroatoms. The zero-order valence-corrected chi connectivity index (χ0v) is 9.39. The predicted molar refractivity (Wildman–Crippen MR) is 60.9 cm³/mol. The maximum absolute atomic E-state index is 3.56. The summed E-state index contributed by atoms with van der Waals surface area (Å²) in [6, 6.07) is 4.48. The molecule has 0 saturated carbocycles. The average molecular weight is 237 g/mol. The summed E-state index contributed by atoms with van der Waals surface area (Å²) < 4.78 is 1.22. The maximum atomic E-state index is 3.56. The predicted octanol–water partition coefficient (Wildman–Crippen LogP) is 3.97. The highest BCUT2D eigenvalue weighted by Crippen LogP contribution is 2.28. The van der Waals surface area contributed by atoms with E-state index in [1.807, 2.05) is 0 Å². The van der Waals surface area contributed by atoms with Crippen LogP contribution in [0.1, 0.15) is 30.0 Å². The van der Waals surface area contributed by atoms with Crippen LogP contribution in [0.15, 0.2) is 22.7 Å². The fourth-order valence-corrected chi connectivity index (χ4v) is 2.45. The van der Waals surface area contributed by atoms with Gasteiger partial charge < -0.3 is 0 Å². The number of halogens is 1. The van der Waals surface area contributed by atoms with Gasteiger partial charge in [-0.15, -0.1) is 0 Å². The van der Waals surface area contributed by atoms with E-state index in [9.17, 15) is 0 Å². The second-order valence-corrected chi connectivity index (χ2v) is 4.41. The Morgan fingerprint density at radius 3 is 3.00 bits per heavy atom. The van der Waals surface area contributed by atoms with Crippen molar-refractivity contribution in [3.63, 3.8) is 0 Å². The van der Waals surface area contributed by atoms with E-state index < -0.39 is 0 Å². The molecule has 0 aromatic heterocycles. The minimum Gasteiger partial charge on any atom is -0.0795 e. The molecular formula is C12H13Br. The summed E-state index contributed by atoms with van der Waals surface area (Å²) >= 11 is 3.56. The molecule has 0 heterocycles. The summed E-state index contributed by atoms with van der Waals surface area (Å²) in [5.74, 6) is 0. The third-order valence-electron chi connectivity index (χ3n) is 2.46. The van der Waals surface area contributed by atoms with Crippen molar-refractivity contribution < 1.29 is 0 Å². The van der Waals surface area contributed by atoms with Crippen molar-refractivity contribution in [2.75, 3.05) is 0 Å². The van der Waals surface area contributed by atoms with E-state index in [1.165, 1.54) is 34.0 Å². The normalized spacial score (nSPS) is 13.4. The van der Waals surface area contributed by atoms with Gasteiger partial charge in [0.05, 0.1) is 0 Å². The number of hydrogen-bond donors (Lipinski definition) is 0. The van der Waals surface area contributed by atoms with Crippen molar-refractivity contribution in [2.24, 2.45) is 0 Å². The van der Waals surface area contributed by atoms with E-state index in [0.29, 0.717) is 0 Å². The zero-order chi connectivity index (χ0) is 9.26. The molecule has 2 rings (SSSR count). The molecule has 0 nitrogen and oxygen atoms in total. The molecule has 0 spiro atoms. The molecule has 0 saturated heterocycles. The van der Waals surface area contributed by atoms with Crippen LogP contribution < -0.4 is 0 Å². The largest absolute Gasteiger partial charge is 0.0795 e. The molecule has 1 aliphatic rings. The van der Waals surface area contributed by atoms with Crippen molar-refractivity contribution in [3.05, 3.63) is 39.4 Å². The van der Waals surface area contributed by atoms with Crippen molar-refractivity contribution in [1.82, 2.24) is 0 Å². The van der Waals surface area contributed by atoms with Crippen LogP contribution in [0, 0.1) is 0 Å². The molecule has 0 amide bonds. The Bertz CT molecular complexity index is 350. The van der Waals surface area contributed by atoms with Gasteiger partial charge in [0, 0.05) is 4.47 Å². The average Bonchev–Trinajstić information content (AvgIpc) is 2.52. The van der Waals surface area contributed by atoms with Gasteiger partial charge in [-0.2, -0.15) is 0 Å². The van der Waals surface area contributed by atoms with Crippen LogP contribution in [-0.2, 0) is 12.8 Å². The van der Waals surface area contributed by atoms with Crippen molar-refractivity contribution in [2.45, 2.75) is 26.2 Å². The third-order valence-corrected chi connectivity index (χ3v) is 2.92. The fourth-order valence-electron chi connectivity index (χ4n) is 1.90. The lowest BCUT2D eigenvalue weighted by Gasteiger charge is -2.07. The van der Waals surface area contributed by atoms with Gasteiger partial charge in [0.25, 0.3) is 0 Å². The van der Waals surface area contributed by atoms with Crippen molar-refractivity contribution in [1.29, 1.82) is 0 Å². The first kappa shape index (κ1) is 9.01. The van der Waals surface area contributed by atoms with Gasteiger partial charge >= 0.3 is 0 Å². The number of rotatable bonds is 2. The van der Waals surface area contributed by atoms with Crippen LogP contribution in [-0.4, -0.2) is 0 Å². The van der Waals surface area contributed by atoms with Crippen molar-refractivity contribution >= 4 is 22.0 Å². The highest BCUT2D eigenvalue weighted by molar-refractivity contribution is 9.10. The zero-order valence-electron chi connectivity index (χ0n) is 7.81. The standard InChI is InChI=1S/C12H13Br/c1-2-4-9-7-11(13)8-10-5-3-6-12(9)10/h3,6-8H,2,4-5H2,1H3. The smallest absolute Gasteiger partial charge is 0.0181 e. The van der Waals surface area contributed by atoms with Crippen LogP contribution in [0.25, 0.3) is 6.08 Å². The Kier molecular flexibility index (Phi) is 2.54. The second-order valence-electron chi connectivity index (χ2n) is 3.49. The Balaban J connectivity index is 2.47. The summed E-state index contributed by atoms with van der Waals surface area (Å²) in [5, 5.41) is 0. The molecule has 1 aromatic carbocycles. The van der Waals surface area contributed by atoms with Gasteiger partial charge in [-0.1, -0.05) is 41.4 Å². The van der Waals surface area contributed by atoms with Crippen LogP contribution in [0.3, 0.4) is 0 Å². The molecular weight excluding hydrogens is 224 g/mol. The molecule has 0 fully saturated rings. The van der Waals surface area contributed by atoms with Gasteiger partial charge in [0.1, 0.15) is 0 Å². The molecule has 0 bridgehead atoms. The number of benzene rings is 1. The first-order valence-electron chi connectivity index (χ1n) is 4.79. The molecule has 1 aromatic rings. The van der Waals surface area contributed by atoms with Gasteiger partial charge in [0.15, 0.2) is 0 Å². The first-order chi connectivity index (χ1) is 6.31. The van der Waals surface area contributed by atoms with Gasteiger partial charge in [0.2, 0.25) is 0 Å². The van der Waals surface area contributed by atoms with E-state index in [1.54, 1.807) is 0 Å². The van der Waals surface area contributed by atoms with Gasteiger partial charge in [-0.3, -0.25) is 0 Å². The molecule has 0 aliphatic heterocycles. The van der Waals surface area contributed by atoms with E-state index in [-0.39, 0.29) is 0 Å². The Morgan fingerprint density at radius 2 is 2.23 bits per heavy atom. The maximum Gasteiger partial charge on any atom is 0.0181 e. The monoisotopic (exact) mass is 236 g/mol. The quantitative estimate of drug-likeness (QED) is 0.730. The van der Waals surface area contributed by atoms with Crippen LogP contribution in [0.5, 0.6) is 0 Å². The molecule has 0 unspecified atom stereocenters. The Morgan fingerprint density at radius 1 is 1.38 bits per heavy atom. The first-order valence-corrected chi connectivity index (χ1v) is 5.58. The number of fused-ring (bicyclic) bond motifs is 1. The van der Waals surface area contributed by atoms with E-state index in [2.05, 4.69) is 47.1 Å². The summed E-state index contributed by atoms with van der Waals surface area (Å²) in [6.07, 6.45) is 8.01. The number of hydrogen-bond acceptors (Lipinski definition) is 0. The summed E-state index contributed by atoms with van der Waals surface area (Å²) in [7, 11) is 0. The second kappa shape index (κ2) is 3.67. The topological polar surface area (TPSA) is 0 Å². The lowest BCUT2D eigenvalue weighted by atomic mass is 10.0. The highest BCUT2D eigenvalue weighted by Gasteiger charge is 2.10. The van der Waals surface area contributed by atoms with Crippen LogP contribution in [0.4, 0.5) is 0 Å². The molecule has 0 atom stereocenters. The van der Waals surface area contributed by atoms with Crippen molar-refractivity contribution in [3.8, 4) is 0 Å². The summed E-state index contributed by atoms with van der Waals surface area (Å²) in [5.41, 5.74) is 4.42. The van der Waals surface area contributed by atoms with Gasteiger partial charge in [-0.25, -0.2) is 0 Å². The summed E-state index contributed by atoms with van der Waals surface area (Å²) in [4.78, 5) is 0. The fraction of sp³-hybridized carbons (Fsp3) is 0.333. The summed E-state index contributed by atoms with van der Waals surface area (Å²) in [6.45, 7) is 2.23. The Hall–Kier alpha value is -0.560. The highest BCUT2D eigenvalue weighted by atomic mass is 79.9. The minimum atomic E-state index is 1.10. The lowest BCUT2D eigenvalue weighted by molar-refractivity contribution is 0.917. The molecule has 13 heavy (non-hydrogen) atoms. The van der Waals surface area contributed by atoms with E-state index in [0.717, 1.165) is 6.42 Å². The molecule has 68 valence electrons. The minimum absolute atomic E-state index is 1.10. The molecule has 0 N–H and O–H groups in total. The molecule has 1 aliphatic carbocycles. The number of aryl methyl sites for hydroxylation is 1. The molecule has 0 radical (unpaired) electrons. The van der Waals surface area contributed by atoms with E-state index in [4.69, 9.17) is 0 Å². The third kappa shape index (κ3) is 1.71. The van der Waals surface area contributed by atoms with Crippen LogP contribution in [0.2, 0.25) is 0 Å². The van der Waals surface area contributed by atoms with Gasteiger partial charge in [-0.05, 0) is 41.7 Å². The van der Waals surface area contributed by atoms with E-state index >= 15 is 0 Å². The Labute approximate surface area is 87.8 Å². The number of allylic oxidation sites excluding steroid dienone is 1. The SMILES string of the molecule is CCCc1cc(Br)cc2c1C=CC2.